The lowest BCUT2D eigenvalue weighted by molar-refractivity contribution is 0.0696. The molecule has 4 N–H and O–H groups in total. The molecule has 1 fully saturated rings. The molecule has 0 amide bonds. The van der Waals surface area contributed by atoms with Crippen LogP contribution in [0.4, 0.5) is 11.4 Å². The number of carboxylic acids is 2. The molecule has 0 saturated carbocycles. The summed E-state index contributed by atoms with van der Waals surface area (Å²) >= 11 is 5.73. The summed E-state index contributed by atoms with van der Waals surface area (Å²) in [6.07, 6.45) is 2.68. The van der Waals surface area contributed by atoms with Crippen molar-refractivity contribution >= 4 is 50.7 Å². The Labute approximate surface area is 245 Å². The number of rotatable bonds is 9. The van der Waals surface area contributed by atoms with Gasteiger partial charge in [-0.15, -0.1) is 0 Å². The van der Waals surface area contributed by atoms with Crippen molar-refractivity contribution < 1.29 is 37.4 Å². The maximum absolute atomic E-state index is 11.8. The van der Waals surface area contributed by atoms with Gasteiger partial charge in [-0.25, -0.2) is 18.0 Å². The Hall–Kier alpha value is -4.95. The van der Waals surface area contributed by atoms with E-state index in [-0.39, 0.29) is 33.9 Å². The zero-order valence-corrected chi connectivity index (χ0v) is 23.8. The van der Waals surface area contributed by atoms with Gasteiger partial charge in [-0.3, -0.25) is 9.71 Å². The second kappa shape index (κ2) is 11.1. The van der Waals surface area contributed by atoms with Gasteiger partial charge in [0.05, 0.1) is 41.9 Å². The minimum absolute atomic E-state index is 0.200. The minimum Gasteiger partial charge on any atom is -0.494 e. The van der Waals surface area contributed by atoms with Crippen molar-refractivity contribution in [2.45, 2.75) is 12.1 Å². The quantitative estimate of drug-likeness (QED) is 0.199. The molecule has 0 spiro atoms. The average Bonchev–Trinajstić information content (AvgIpc) is 3.57. The first-order valence-electron chi connectivity index (χ1n) is 12.3. The van der Waals surface area contributed by atoms with E-state index < -0.39 is 34.0 Å². The Morgan fingerprint density at radius 2 is 1.76 bits per heavy atom. The van der Waals surface area contributed by atoms with Crippen LogP contribution in [0.2, 0.25) is 0 Å². The Balaban J connectivity index is 1.61. The highest BCUT2D eigenvalue weighted by atomic mass is 32.2. The Morgan fingerprint density at radius 1 is 1.05 bits per heavy atom. The molecule has 1 saturated heterocycles. The van der Waals surface area contributed by atoms with Crippen LogP contribution in [0.1, 0.15) is 44.3 Å². The predicted octanol–water partition coefficient (Wildman–Crippen LogP) is 4.30. The fraction of sp³-hybridized carbons (Fsp3) is 0.143. The van der Waals surface area contributed by atoms with Crippen LogP contribution in [-0.4, -0.2) is 54.0 Å². The first kappa shape index (κ1) is 28.6. The van der Waals surface area contributed by atoms with Gasteiger partial charge in [-0.05, 0) is 66.8 Å². The summed E-state index contributed by atoms with van der Waals surface area (Å²) in [6.45, 7) is 0. The molecule has 2 atom stereocenters. The number of ether oxygens (including phenoxy) is 1. The van der Waals surface area contributed by atoms with Crippen LogP contribution in [0, 0.1) is 0 Å². The number of carbonyl (C=O) groups is 2. The molecule has 12 nitrogen and oxygen atoms in total. The van der Waals surface area contributed by atoms with Crippen LogP contribution in [0.15, 0.2) is 77.3 Å². The highest BCUT2D eigenvalue weighted by Crippen LogP contribution is 2.44. The molecule has 2 aromatic heterocycles. The average molecular weight is 609 g/mol. The number of furan rings is 1. The summed E-state index contributed by atoms with van der Waals surface area (Å²) in [7, 11) is -2.16. The SMILES string of the molecule is COc1cc(N2C(=S)N[C@@H](c3ccccn3)[C@@H]2c2ccc(-c3cc(C(=O)O)cc(C(=O)O)c3)o2)ccc1NS(C)(=O)=O. The fourth-order valence-corrected chi connectivity index (χ4v) is 5.63. The molecule has 3 heterocycles. The minimum atomic E-state index is -3.57. The number of thiocarbonyl (C=S) groups is 1. The van der Waals surface area contributed by atoms with Crippen molar-refractivity contribution in [1.82, 2.24) is 10.3 Å². The van der Waals surface area contributed by atoms with Crippen LogP contribution in [-0.2, 0) is 10.0 Å². The largest absolute Gasteiger partial charge is 0.494 e. The fourth-order valence-electron chi connectivity index (χ4n) is 4.72. The third kappa shape index (κ3) is 5.75. The van der Waals surface area contributed by atoms with Crippen molar-refractivity contribution in [3.8, 4) is 17.1 Å². The van der Waals surface area contributed by atoms with Crippen molar-refractivity contribution in [2.24, 2.45) is 0 Å². The molecule has 5 rings (SSSR count). The molecule has 1 aliphatic rings. The van der Waals surface area contributed by atoms with E-state index >= 15 is 0 Å². The summed E-state index contributed by atoms with van der Waals surface area (Å²) in [5.41, 5.74) is 1.33. The van der Waals surface area contributed by atoms with E-state index in [4.69, 9.17) is 21.4 Å². The van der Waals surface area contributed by atoms with Gasteiger partial charge < -0.3 is 29.6 Å². The summed E-state index contributed by atoms with van der Waals surface area (Å²) in [5.74, 6) is -1.63. The maximum Gasteiger partial charge on any atom is 0.335 e. The standard InChI is InChI=1S/C28H24N4O8S2/c1-39-23-14-18(6-7-19(23)31-42(2,37)38)32-25(24(30-28(32)41)20-5-3-4-10-29-20)22-9-8-21(40-22)15-11-16(26(33)34)13-17(12-15)27(35)36/h3-14,24-25,31H,1-2H3,(H,30,41)(H,33,34)(H,35,36)/t24-,25-/m0/s1. The molecule has 0 bridgehead atoms. The summed E-state index contributed by atoms with van der Waals surface area (Å²) in [6, 6.07) is 16.3. The van der Waals surface area contributed by atoms with Crippen molar-refractivity contribution in [3.05, 3.63) is 95.5 Å². The highest BCUT2D eigenvalue weighted by Gasteiger charge is 2.43. The number of sulfonamides is 1. The molecule has 14 heteroatoms. The van der Waals surface area contributed by atoms with Gasteiger partial charge in [-0.2, -0.15) is 0 Å². The van der Waals surface area contributed by atoms with E-state index in [1.54, 1.807) is 47.5 Å². The van der Waals surface area contributed by atoms with Gasteiger partial charge in [-0.1, -0.05) is 6.07 Å². The highest BCUT2D eigenvalue weighted by molar-refractivity contribution is 7.92. The zero-order valence-electron chi connectivity index (χ0n) is 22.1. The first-order chi connectivity index (χ1) is 19.9. The van der Waals surface area contributed by atoms with Gasteiger partial charge in [0.25, 0.3) is 0 Å². The van der Waals surface area contributed by atoms with Crippen LogP contribution < -0.4 is 19.7 Å². The Morgan fingerprint density at radius 3 is 2.36 bits per heavy atom. The predicted molar refractivity (Wildman–Crippen MR) is 157 cm³/mol. The van der Waals surface area contributed by atoms with Crippen LogP contribution in [0.25, 0.3) is 11.3 Å². The monoisotopic (exact) mass is 608 g/mol. The Bertz CT molecular complexity index is 1780. The molecule has 2 aromatic carbocycles. The first-order valence-corrected chi connectivity index (χ1v) is 14.6. The molecule has 4 aromatic rings. The van der Waals surface area contributed by atoms with Crippen molar-refractivity contribution in [2.75, 3.05) is 23.0 Å². The van der Waals surface area contributed by atoms with Gasteiger partial charge >= 0.3 is 11.9 Å². The third-order valence-corrected chi connectivity index (χ3v) is 7.39. The molecule has 0 unspecified atom stereocenters. The van der Waals surface area contributed by atoms with E-state index in [9.17, 15) is 28.2 Å². The lowest BCUT2D eigenvalue weighted by Crippen LogP contribution is -2.29. The normalized spacial score (nSPS) is 16.6. The number of aromatic nitrogens is 1. The summed E-state index contributed by atoms with van der Waals surface area (Å²) in [4.78, 5) is 29.6. The van der Waals surface area contributed by atoms with Gasteiger partial charge in [0.1, 0.15) is 23.3 Å². The van der Waals surface area contributed by atoms with Gasteiger partial charge in [0.15, 0.2) is 5.11 Å². The number of benzene rings is 2. The number of hydrogen-bond donors (Lipinski definition) is 4. The summed E-state index contributed by atoms with van der Waals surface area (Å²) in [5, 5.41) is 22.6. The van der Waals surface area contributed by atoms with Crippen LogP contribution >= 0.6 is 12.2 Å². The van der Waals surface area contributed by atoms with Gasteiger partial charge in [0, 0.05) is 23.5 Å². The van der Waals surface area contributed by atoms with E-state index in [2.05, 4.69) is 15.0 Å². The van der Waals surface area contributed by atoms with Gasteiger partial charge in [0.2, 0.25) is 10.0 Å². The molecule has 0 radical (unpaired) electrons. The van der Waals surface area contributed by atoms with E-state index in [0.29, 0.717) is 22.3 Å². The molecular formula is C28H24N4O8S2. The van der Waals surface area contributed by atoms with E-state index in [1.165, 1.54) is 19.2 Å². The molecule has 42 heavy (non-hydrogen) atoms. The number of anilines is 2. The number of pyridine rings is 1. The molecular weight excluding hydrogens is 584 g/mol. The van der Waals surface area contributed by atoms with Crippen LogP contribution in [0.3, 0.4) is 0 Å². The lowest BCUT2D eigenvalue weighted by Gasteiger charge is -2.27. The topological polar surface area (TPSA) is 171 Å². The second-order valence-electron chi connectivity index (χ2n) is 9.37. The molecule has 1 aliphatic heterocycles. The van der Waals surface area contributed by atoms with E-state index in [1.807, 2.05) is 12.1 Å². The molecule has 0 aliphatic carbocycles. The zero-order chi connectivity index (χ0) is 30.2. The summed E-state index contributed by atoms with van der Waals surface area (Å²) < 4.78 is 37.8. The maximum atomic E-state index is 11.8. The second-order valence-corrected chi connectivity index (χ2v) is 11.5. The Kier molecular flexibility index (Phi) is 7.58. The number of carboxylic acid groups (broad SMARTS) is 2. The number of methoxy groups -OCH3 is 1. The van der Waals surface area contributed by atoms with Crippen molar-refractivity contribution in [1.29, 1.82) is 0 Å². The number of aromatic carboxylic acids is 2. The molecule has 216 valence electrons. The number of nitrogens with one attached hydrogen (secondary N) is 2. The van der Waals surface area contributed by atoms with Crippen LogP contribution in [0.5, 0.6) is 5.75 Å². The van der Waals surface area contributed by atoms with E-state index in [0.717, 1.165) is 12.3 Å². The number of hydrogen-bond acceptors (Lipinski definition) is 8. The number of nitrogens with zero attached hydrogens (tertiary/aromatic N) is 2. The van der Waals surface area contributed by atoms with Crippen molar-refractivity contribution in [3.63, 3.8) is 0 Å². The smallest absolute Gasteiger partial charge is 0.335 e. The third-order valence-electron chi connectivity index (χ3n) is 6.49. The lowest BCUT2D eigenvalue weighted by atomic mass is 10.0.